The van der Waals surface area contributed by atoms with Gasteiger partial charge in [0.1, 0.15) is 5.82 Å². The van der Waals surface area contributed by atoms with Crippen LogP contribution in [0.1, 0.15) is 31.2 Å². The third-order valence-corrected chi connectivity index (χ3v) is 5.52. The number of nitrogens with zero attached hydrogens (tertiary/aromatic N) is 4. The molecule has 126 valence electrons. The molecular formula is C20H26N4. The van der Waals surface area contributed by atoms with Gasteiger partial charge in [-0.05, 0) is 37.8 Å². The van der Waals surface area contributed by atoms with E-state index < -0.39 is 0 Å². The van der Waals surface area contributed by atoms with E-state index in [2.05, 4.69) is 50.1 Å². The molecule has 1 aromatic heterocycles. The molecule has 3 heterocycles. The minimum Gasteiger partial charge on any atom is -0.355 e. The molecule has 1 aromatic carbocycles. The Kier molecular flexibility index (Phi) is 4.48. The summed E-state index contributed by atoms with van der Waals surface area (Å²) >= 11 is 0. The average molecular weight is 322 g/mol. The zero-order valence-corrected chi connectivity index (χ0v) is 14.3. The van der Waals surface area contributed by atoms with Crippen molar-refractivity contribution in [2.75, 3.05) is 31.1 Å². The standard InChI is InChI=1S/C20H26N4/c1-2-6-18(7-3-1)15-23-12-4-8-20(16-23)9-5-13-24(17-20)19-14-21-10-11-22-19/h1-3,6-7,10-11,14H,4-5,8-9,12-13,15-17H2/t20-/m1/s1. The van der Waals surface area contributed by atoms with Crippen molar-refractivity contribution < 1.29 is 0 Å². The van der Waals surface area contributed by atoms with Crippen molar-refractivity contribution in [1.82, 2.24) is 14.9 Å². The van der Waals surface area contributed by atoms with Crippen molar-refractivity contribution in [3.63, 3.8) is 0 Å². The molecule has 2 aliphatic heterocycles. The Morgan fingerprint density at radius 1 is 0.958 bits per heavy atom. The van der Waals surface area contributed by atoms with Crippen molar-refractivity contribution in [3.05, 3.63) is 54.5 Å². The van der Waals surface area contributed by atoms with Crippen LogP contribution >= 0.6 is 0 Å². The number of rotatable bonds is 3. The molecule has 0 saturated carbocycles. The van der Waals surface area contributed by atoms with E-state index >= 15 is 0 Å². The normalized spacial score (nSPS) is 25.1. The molecule has 0 N–H and O–H groups in total. The quantitative estimate of drug-likeness (QED) is 0.867. The molecule has 2 fully saturated rings. The van der Waals surface area contributed by atoms with Gasteiger partial charge in [-0.25, -0.2) is 4.98 Å². The van der Waals surface area contributed by atoms with Crippen molar-refractivity contribution in [3.8, 4) is 0 Å². The summed E-state index contributed by atoms with van der Waals surface area (Å²) in [6.45, 7) is 5.74. The molecule has 2 aromatic rings. The van der Waals surface area contributed by atoms with Crippen LogP contribution in [0.4, 0.5) is 5.82 Å². The number of hydrogen-bond donors (Lipinski definition) is 0. The number of likely N-dealkylation sites (tertiary alicyclic amines) is 1. The molecule has 4 nitrogen and oxygen atoms in total. The largest absolute Gasteiger partial charge is 0.355 e. The van der Waals surface area contributed by atoms with Crippen molar-refractivity contribution in [2.24, 2.45) is 5.41 Å². The predicted octanol–water partition coefficient (Wildman–Crippen LogP) is 3.36. The summed E-state index contributed by atoms with van der Waals surface area (Å²) in [6.07, 6.45) is 10.7. The third kappa shape index (κ3) is 3.44. The Morgan fingerprint density at radius 2 is 1.79 bits per heavy atom. The Morgan fingerprint density at radius 3 is 2.58 bits per heavy atom. The monoisotopic (exact) mass is 322 g/mol. The van der Waals surface area contributed by atoms with E-state index in [1.807, 2.05) is 6.20 Å². The Hall–Kier alpha value is -1.94. The summed E-state index contributed by atoms with van der Waals surface area (Å²) in [5.74, 6) is 1.04. The summed E-state index contributed by atoms with van der Waals surface area (Å²) < 4.78 is 0. The van der Waals surface area contributed by atoms with Crippen LogP contribution in [0.3, 0.4) is 0 Å². The van der Waals surface area contributed by atoms with Crippen LogP contribution < -0.4 is 4.90 Å². The van der Waals surface area contributed by atoms with Gasteiger partial charge >= 0.3 is 0 Å². The third-order valence-electron chi connectivity index (χ3n) is 5.52. The van der Waals surface area contributed by atoms with Crippen LogP contribution in [-0.2, 0) is 6.54 Å². The fourth-order valence-electron chi connectivity index (χ4n) is 4.48. The van der Waals surface area contributed by atoms with Crippen LogP contribution in [0.25, 0.3) is 0 Å². The van der Waals surface area contributed by atoms with E-state index in [4.69, 9.17) is 0 Å². The SMILES string of the molecule is c1ccc(CN2CCC[C@@]3(CCCN(c4cnccn4)C3)C2)cc1. The van der Waals surface area contributed by atoms with E-state index in [1.54, 1.807) is 12.4 Å². The highest BCUT2D eigenvalue weighted by molar-refractivity contribution is 5.36. The number of aromatic nitrogens is 2. The number of anilines is 1. The molecule has 4 heteroatoms. The van der Waals surface area contributed by atoms with Gasteiger partial charge in [0.15, 0.2) is 0 Å². The first-order valence-electron chi connectivity index (χ1n) is 9.10. The highest BCUT2D eigenvalue weighted by Crippen LogP contribution is 2.39. The second-order valence-corrected chi connectivity index (χ2v) is 7.39. The minimum absolute atomic E-state index is 0.419. The maximum atomic E-state index is 4.52. The van der Waals surface area contributed by atoms with Gasteiger partial charge in [-0.1, -0.05) is 30.3 Å². The van der Waals surface area contributed by atoms with Gasteiger partial charge in [-0.2, -0.15) is 0 Å². The van der Waals surface area contributed by atoms with Gasteiger partial charge in [0.25, 0.3) is 0 Å². The zero-order valence-electron chi connectivity index (χ0n) is 14.3. The molecule has 0 amide bonds. The van der Waals surface area contributed by atoms with E-state index in [0.717, 1.165) is 25.5 Å². The second-order valence-electron chi connectivity index (χ2n) is 7.39. The first-order valence-corrected chi connectivity index (χ1v) is 9.10. The summed E-state index contributed by atoms with van der Waals surface area (Å²) in [5, 5.41) is 0. The molecule has 1 spiro atoms. The molecule has 0 aliphatic carbocycles. The number of piperidine rings is 2. The first-order chi connectivity index (χ1) is 11.8. The van der Waals surface area contributed by atoms with Crippen LogP contribution in [0.2, 0.25) is 0 Å². The Balaban J connectivity index is 1.45. The lowest BCUT2D eigenvalue weighted by Crippen LogP contribution is -2.52. The van der Waals surface area contributed by atoms with E-state index in [-0.39, 0.29) is 0 Å². The fourth-order valence-corrected chi connectivity index (χ4v) is 4.48. The van der Waals surface area contributed by atoms with Gasteiger partial charge in [0.2, 0.25) is 0 Å². The average Bonchev–Trinajstić information content (AvgIpc) is 2.63. The zero-order chi connectivity index (χ0) is 16.2. The smallest absolute Gasteiger partial charge is 0.147 e. The summed E-state index contributed by atoms with van der Waals surface area (Å²) in [6, 6.07) is 10.9. The highest BCUT2D eigenvalue weighted by atomic mass is 15.2. The molecule has 24 heavy (non-hydrogen) atoms. The maximum absolute atomic E-state index is 4.52. The van der Waals surface area contributed by atoms with Gasteiger partial charge in [0.05, 0.1) is 6.20 Å². The van der Waals surface area contributed by atoms with Crippen molar-refractivity contribution in [2.45, 2.75) is 32.2 Å². The lowest BCUT2D eigenvalue weighted by Gasteiger charge is -2.48. The lowest BCUT2D eigenvalue weighted by molar-refractivity contribution is 0.0682. The van der Waals surface area contributed by atoms with E-state index in [9.17, 15) is 0 Å². The van der Waals surface area contributed by atoms with Gasteiger partial charge in [-0.3, -0.25) is 9.88 Å². The molecule has 4 rings (SSSR count). The molecule has 0 radical (unpaired) electrons. The van der Waals surface area contributed by atoms with E-state index in [0.29, 0.717) is 5.41 Å². The maximum Gasteiger partial charge on any atom is 0.147 e. The van der Waals surface area contributed by atoms with Crippen LogP contribution in [0.5, 0.6) is 0 Å². The predicted molar refractivity (Wildman–Crippen MR) is 96.9 cm³/mol. The molecule has 2 aliphatic rings. The van der Waals surface area contributed by atoms with Gasteiger partial charge in [-0.15, -0.1) is 0 Å². The molecule has 1 atom stereocenters. The molecular weight excluding hydrogens is 296 g/mol. The number of benzene rings is 1. The van der Waals surface area contributed by atoms with Crippen LogP contribution in [0.15, 0.2) is 48.9 Å². The van der Waals surface area contributed by atoms with Crippen molar-refractivity contribution >= 4 is 5.82 Å². The first kappa shape index (κ1) is 15.6. The van der Waals surface area contributed by atoms with Crippen molar-refractivity contribution in [1.29, 1.82) is 0 Å². The topological polar surface area (TPSA) is 32.3 Å². The Labute approximate surface area is 144 Å². The summed E-state index contributed by atoms with van der Waals surface area (Å²) in [4.78, 5) is 13.9. The lowest BCUT2D eigenvalue weighted by atomic mass is 9.73. The summed E-state index contributed by atoms with van der Waals surface area (Å²) in [5.41, 5.74) is 1.85. The minimum atomic E-state index is 0.419. The fraction of sp³-hybridized carbons (Fsp3) is 0.500. The highest BCUT2D eigenvalue weighted by Gasteiger charge is 2.39. The summed E-state index contributed by atoms with van der Waals surface area (Å²) in [7, 11) is 0. The van der Waals surface area contributed by atoms with Gasteiger partial charge < -0.3 is 4.90 Å². The van der Waals surface area contributed by atoms with Crippen LogP contribution in [-0.4, -0.2) is 41.0 Å². The molecule has 2 saturated heterocycles. The van der Waals surface area contributed by atoms with Crippen LogP contribution in [0, 0.1) is 5.41 Å². The molecule has 0 unspecified atom stereocenters. The second kappa shape index (κ2) is 6.89. The molecule has 0 bridgehead atoms. The van der Waals surface area contributed by atoms with Gasteiger partial charge in [0, 0.05) is 44.0 Å². The van der Waals surface area contributed by atoms with E-state index in [1.165, 1.54) is 44.3 Å². The number of hydrogen-bond acceptors (Lipinski definition) is 4. The Bertz CT molecular complexity index is 641.